The van der Waals surface area contributed by atoms with Gasteiger partial charge in [0.1, 0.15) is 5.82 Å². The summed E-state index contributed by atoms with van der Waals surface area (Å²) in [4.78, 5) is 16.7. The molecule has 0 atom stereocenters. The lowest BCUT2D eigenvalue weighted by Gasteiger charge is -2.14. The van der Waals surface area contributed by atoms with E-state index < -0.39 is 0 Å². The Morgan fingerprint density at radius 3 is 2.40 bits per heavy atom. The van der Waals surface area contributed by atoms with E-state index in [1.807, 2.05) is 42.7 Å². The van der Waals surface area contributed by atoms with Crippen molar-refractivity contribution in [1.82, 2.24) is 24.4 Å². The number of halogens is 1. The molecule has 0 saturated heterocycles. The molecule has 0 amide bonds. The molecular formula is C33H31ClN6. The van der Waals surface area contributed by atoms with Crippen molar-refractivity contribution in [3.8, 4) is 22.5 Å². The minimum absolute atomic E-state index is 0.670. The molecule has 7 heteroatoms. The smallest absolute Gasteiger partial charge is 0.164 e. The van der Waals surface area contributed by atoms with Crippen LogP contribution in [0.15, 0.2) is 97.5 Å². The van der Waals surface area contributed by atoms with Crippen LogP contribution >= 0.6 is 11.6 Å². The average molecular weight is 547 g/mol. The van der Waals surface area contributed by atoms with Crippen molar-refractivity contribution in [3.05, 3.63) is 108 Å². The van der Waals surface area contributed by atoms with E-state index in [2.05, 4.69) is 88.6 Å². The van der Waals surface area contributed by atoms with E-state index in [1.165, 1.54) is 5.56 Å². The molecule has 0 saturated carbocycles. The molecule has 1 N–H and O–H groups in total. The van der Waals surface area contributed by atoms with Crippen molar-refractivity contribution in [1.29, 1.82) is 0 Å². The van der Waals surface area contributed by atoms with Gasteiger partial charge in [0.25, 0.3) is 0 Å². The first-order chi connectivity index (χ1) is 19.6. The quantitative estimate of drug-likeness (QED) is 0.192. The van der Waals surface area contributed by atoms with E-state index in [1.54, 1.807) is 0 Å². The molecule has 6 aromatic rings. The second kappa shape index (κ2) is 11.5. The van der Waals surface area contributed by atoms with Gasteiger partial charge in [0.2, 0.25) is 0 Å². The molecule has 0 spiro atoms. The lowest BCUT2D eigenvalue weighted by molar-refractivity contribution is 0.405. The number of hydrogen-bond acceptors (Lipinski definition) is 5. The highest BCUT2D eigenvalue weighted by Crippen LogP contribution is 2.37. The molecule has 3 heterocycles. The van der Waals surface area contributed by atoms with E-state index in [-0.39, 0.29) is 0 Å². The lowest BCUT2D eigenvalue weighted by atomic mass is 10.0. The summed E-state index contributed by atoms with van der Waals surface area (Å²) in [5, 5.41) is 6.35. The maximum atomic E-state index is 6.79. The van der Waals surface area contributed by atoms with Crippen LogP contribution in [0.2, 0.25) is 5.02 Å². The number of pyridine rings is 1. The van der Waals surface area contributed by atoms with Crippen LogP contribution in [0.4, 0.5) is 5.82 Å². The first kappa shape index (κ1) is 26.0. The molecule has 3 aromatic carbocycles. The molecule has 0 unspecified atom stereocenters. The SMILES string of the molecule is CN(C)CCCNc1nc(-c2cn(Cc3ccccc3)c3c(Cl)cccc23)nc2c(-c3ccncc3)cccc12. The van der Waals surface area contributed by atoms with Crippen LogP contribution in [0, 0.1) is 0 Å². The summed E-state index contributed by atoms with van der Waals surface area (Å²) >= 11 is 6.79. The second-order valence-electron chi connectivity index (χ2n) is 10.2. The number of rotatable bonds is 9. The van der Waals surface area contributed by atoms with Crippen molar-refractivity contribution in [2.24, 2.45) is 0 Å². The number of hydrogen-bond donors (Lipinski definition) is 1. The predicted octanol–water partition coefficient (Wildman–Crippen LogP) is 7.38. The van der Waals surface area contributed by atoms with Gasteiger partial charge in [0.15, 0.2) is 5.82 Å². The zero-order chi connectivity index (χ0) is 27.5. The molecule has 0 radical (unpaired) electrons. The highest BCUT2D eigenvalue weighted by Gasteiger charge is 2.19. The van der Waals surface area contributed by atoms with Crippen LogP contribution in [0.3, 0.4) is 0 Å². The Morgan fingerprint density at radius 2 is 1.60 bits per heavy atom. The first-order valence-corrected chi connectivity index (χ1v) is 13.9. The van der Waals surface area contributed by atoms with Gasteiger partial charge in [-0.25, -0.2) is 9.97 Å². The maximum absolute atomic E-state index is 6.79. The largest absolute Gasteiger partial charge is 0.369 e. The third-order valence-electron chi connectivity index (χ3n) is 7.08. The third kappa shape index (κ3) is 5.28. The van der Waals surface area contributed by atoms with Crippen LogP contribution in [-0.2, 0) is 6.54 Å². The summed E-state index contributed by atoms with van der Waals surface area (Å²) in [6.45, 7) is 2.51. The van der Waals surface area contributed by atoms with Crippen LogP contribution in [0.1, 0.15) is 12.0 Å². The number of nitrogens with one attached hydrogen (secondary N) is 1. The van der Waals surface area contributed by atoms with Crippen LogP contribution < -0.4 is 5.32 Å². The van der Waals surface area contributed by atoms with Gasteiger partial charge in [-0.15, -0.1) is 0 Å². The van der Waals surface area contributed by atoms with Gasteiger partial charge in [-0.2, -0.15) is 0 Å². The molecule has 3 aromatic heterocycles. The number of fused-ring (bicyclic) bond motifs is 2. The fourth-order valence-corrected chi connectivity index (χ4v) is 5.45. The zero-order valence-electron chi connectivity index (χ0n) is 22.7. The topological polar surface area (TPSA) is 58.9 Å². The van der Waals surface area contributed by atoms with Gasteiger partial charge < -0.3 is 14.8 Å². The Kier molecular flexibility index (Phi) is 7.45. The third-order valence-corrected chi connectivity index (χ3v) is 7.38. The monoisotopic (exact) mass is 546 g/mol. The summed E-state index contributed by atoms with van der Waals surface area (Å²) in [5.74, 6) is 1.50. The number of benzene rings is 3. The minimum Gasteiger partial charge on any atom is -0.369 e. The van der Waals surface area contributed by atoms with Crippen molar-refractivity contribution in [2.45, 2.75) is 13.0 Å². The number of para-hydroxylation sites is 2. The molecular weight excluding hydrogens is 516 g/mol. The maximum Gasteiger partial charge on any atom is 0.164 e. The Balaban J connectivity index is 1.53. The molecule has 6 rings (SSSR count). The van der Waals surface area contributed by atoms with Gasteiger partial charge in [0, 0.05) is 53.6 Å². The van der Waals surface area contributed by atoms with Gasteiger partial charge in [-0.1, -0.05) is 66.2 Å². The molecule has 0 fully saturated rings. The standard InChI is InChI=1S/C33H31ClN6/c1-39(2)20-8-17-36-32-27-13-6-11-25(24-15-18-35-19-16-24)30(27)37-33(38-32)28-22-40(21-23-9-4-3-5-10-23)31-26(28)12-7-14-29(31)34/h3-7,9-16,18-19,22H,8,17,20-21H2,1-2H3,(H,36,37,38). The van der Waals surface area contributed by atoms with Crippen molar-refractivity contribution >= 4 is 39.2 Å². The fourth-order valence-electron chi connectivity index (χ4n) is 5.17. The predicted molar refractivity (Wildman–Crippen MR) is 166 cm³/mol. The van der Waals surface area contributed by atoms with Gasteiger partial charge in [0.05, 0.1) is 16.1 Å². The lowest BCUT2D eigenvalue weighted by Crippen LogP contribution is -2.17. The minimum atomic E-state index is 0.670. The van der Waals surface area contributed by atoms with Crippen molar-refractivity contribution in [3.63, 3.8) is 0 Å². The normalized spacial score (nSPS) is 11.5. The van der Waals surface area contributed by atoms with Crippen LogP contribution in [0.25, 0.3) is 44.3 Å². The highest BCUT2D eigenvalue weighted by atomic mass is 35.5. The number of aromatic nitrogens is 4. The molecule has 0 aliphatic heterocycles. The molecule has 200 valence electrons. The average Bonchev–Trinajstić information content (AvgIpc) is 3.35. The zero-order valence-corrected chi connectivity index (χ0v) is 23.4. The van der Waals surface area contributed by atoms with Gasteiger partial charge in [-0.3, -0.25) is 4.98 Å². The van der Waals surface area contributed by atoms with Crippen LogP contribution in [0.5, 0.6) is 0 Å². The summed E-state index contributed by atoms with van der Waals surface area (Å²) in [6, 6.07) is 26.8. The highest BCUT2D eigenvalue weighted by molar-refractivity contribution is 6.35. The summed E-state index contributed by atoms with van der Waals surface area (Å²) in [6.07, 6.45) is 6.77. The Morgan fingerprint density at radius 1 is 0.825 bits per heavy atom. The van der Waals surface area contributed by atoms with Crippen molar-refractivity contribution < 1.29 is 0 Å². The Bertz CT molecular complexity index is 1760. The fraction of sp³-hybridized carbons (Fsp3) is 0.182. The van der Waals surface area contributed by atoms with Crippen molar-refractivity contribution in [2.75, 3.05) is 32.5 Å². The molecule has 40 heavy (non-hydrogen) atoms. The molecule has 6 nitrogen and oxygen atoms in total. The molecule has 0 bridgehead atoms. The number of nitrogens with zero attached hydrogens (tertiary/aromatic N) is 5. The summed E-state index contributed by atoms with van der Waals surface area (Å²) < 4.78 is 2.20. The van der Waals surface area contributed by atoms with Crippen LogP contribution in [-0.4, -0.2) is 51.6 Å². The van der Waals surface area contributed by atoms with Gasteiger partial charge >= 0.3 is 0 Å². The van der Waals surface area contributed by atoms with E-state index in [9.17, 15) is 0 Å². The first-order valence-electron chi connectivity index (χ1n) is 13.5. The Labute approximate surface area is 239 Å². The number of anilines is 1. The second-order valence-corrected chi connectivity index (χ2v) is 10.6. The van der Waals surface area contributed by atoms with E-state index in [0.29, 0.717) is 17.4 Å². The Hall–Kier alpha value is -4.26. The van der Waals surface area contributed by atoms with E-state index in [0.717, 1.165) is 63.8 Å². The molecule has 0 aliphatic rings. The molecule has 0 aliphatic carbocycles. The van der Waals surface area contributed by atoms with E-state index >= 15 is 0 Å². The summed E-state index contributed by atoms with van der Waals surface area (Å²) in [7, 11) is 4.19. The van der Waals surface area contributed by atoms with Gasteiger partial charge in [-0.05, 0) is 62.5 Å². The summed E-state index contributed by atoms with van der Waals surface area (Å²) in [5.41, 5.74) is 6.16. The van der Waals surface area contributed by atoms with E-state index in [4.69, 9.17) is 21.6 Å².